The van der Waals surface area contributed by atoms with Crippen molar-refractivity contribution in [3.8, 4) is 5.75 Å². The smallest absolute Gasteiger partial charge is 0.410 e. The molecule has 5 amide bonds. The third-order valence-corrected chi connectivity index (χ3v) is 7.19. The quantitative estimate of drug-likeness (QED) is 0.155. The lowest BCUT2D eigenvalue weighted by molar-refractivity contribution is -0.384. The molecule has 0 spiro atoms. The fraction of sp³-hybridized carbons (Fsp3) is 0.500. The van der Waals surface area contributed by atoms with E-state index in [0.717, 1.165) is 26.2 Å². The third kappa shape index (κ3) is 20.1. The molecule has 0 aliphatic carbocycles. The number of halogens is 1. The molecule has 4 N–H and O–H groups in total. The van der Waals surface area contributed by atoms with Crippen molar-refractivity contribution in [2.75, 3.05) is 63.0 Å². The van der Waals surface area contributed by atoms with Gasteiger partial charge in [-0.2, -0.15) is 9.78 Å². The zero-order valence-electron chi connectivity index (χ0n) is 34.3. The maximum absolute atomic E-state index is 12.4. The highest BCUT2D eigenvalue weighted by Gasteiger charge is 2.28. The molecule has 2 aliphatic rings. The number of rotatable bonds is 4. The van der Waals surface area contributed by atoms with Crippen LogP contribution in [0.25, 0.3) is 0 Å². The Kier molecular flexibility index (Phi) is 19.2. The Morgan fingerprint density at radius 1 is 0.763 bits per heavy atom. The summed E-state index contributed by atoms with van der Waals surface area (Å²) in [4.78, 5) is 82.0. The number of nitrogens with zero attached hydrogens (tertiary/aromatic N) is 7. The average molecular weight is 850 g/mol. The zero-order chi connectivity index (χ0) is 44.3. The number of nitro groups is 1. The summed E-state index contributed by atoms with van der Waals surface area (Å²) in [6.45, 7) is 18.7. The predicted molar refractivity (Wildman–Crippen MR) is 215 cm³/mol. The van der Waals surface area contributed by atoms with Crippen LogP contribution in [0.5, 0.6) is 5.75 Å². The van der Waals surface area contributed by atoms with Crippen molar-refractivity contribution in [1.82, 2.24) is 40.0 Å². The number of amides is 5. The number of ether oxygens (including phenoxy) is 3. The largest absolute Gasteiger partial charge is 0.444 e. The minimum atomic E-state index is -0.978. The fourth-order valence-electron chi connectivity index (χ4n) is 4.65. The standard InChI is InChI=1S/C15H23N5O4.C9H18N2O2.C7H4ClNO4.C5H7N3O/c1-11(21)16-12-5-6-20(17-12)13(22)18-7-9-19(10-8-18)14(23)24-15(2,3)4;1-9(2,3)13-8(12)11-6-4-10-5-7-11;8-7(10)13-6-3-1-5(2-4-6)9(11)12;1-4(9)7-5-2-3-6-8-5/h5-6H,7-10H2,1-4H3,(H,16,17,21);10H,4-7H2,1-3H3;1-4H;2-3H,1H3,(H2,6,7,8,9). The maximum atomic E-state index is 12.4. The first kappa shape index (κ1) is 48.9. The molecule has 2 fully saturated rings. The summed E-state index contributed by atoms with van der Waals surface area (Å²) in [5.41, 5.74) is -1.98. The Balaban J connectivity index is 0.000000292. The minimum Gasteiger partial charge on any atom is -0.444 e. The van der Waals surface area contributed by atoms with Gasteiger partial charge < -0.3 is 44.9 Å². The van der Waals surface area contributed by atoms with Gasteiger partial charge in [0.2, 0.25) is 11.8 Å². The van der Waals surface area contributed by atoms with Crippen molar-refractivity contribution in [1.29, 1.82) is 0 Å². The van der Waals surface area contributed by atoms with E-state index >= 15 is 0 Å². The van der Waals surface area contributed by atoms with Crippen LogP contribution in [0, 0.1) is 10.1 Å². The second kappa shape index (κ2) is 23.2. The van der Waals surface area contributed by atoms with Crippen molar-refractivity contribution in [3.63, 3.8) is 0 Å². The molecule has 22 nitrogen and oxygen atoms in total. The van der Waals surface area contributed by atoms with Crippen molar-refractivity contribution in [2.24, 2.45) is 0 Å². The molecule has 0 unspecified atom stereocenters. The first-order chi connectivity index (χ1) is 27.5. The number of nitro benzene ring substituents is 1. The van der Waals surface area contributed by atoms with E-state index in [1.807, 2.05) is 41.5 Å². The van der Waals surface area contributed by atoms with Gasteiger partial charge in [0.1, 0.15) is 22.8 Å². The van der Waals surface area contributed by atoms with Crippen LogP contribution in [0.15, 0.2) is 48.8 Å². The number of aromatic nitrogens is 4. The maximum Gasteiger partial charge on any atom is 0.410 e. The average Bonchev–Trinajstić information content (AvgIpc) is 3.83. The molecule has 0 atom stereocenters. The van der Waals surface area contributed by atoms with Crippen LogP contribution in [-0.2, 0) is 19.1 Å². The predicted octanol–water partition coefficient (Wildman–Crippen LogP) is 4.89. The van der Waals surface area contributed by atoms with Gasteiger partial charge in [-0.15, -0.1) is 5.10 Å². The fourth-order valence-corrected chi connectivity index (χ4v) is 4.74. The van der Waals surface area contributed by atoms with Crippen molar-refractivity contribution in [2.45, 2.75) is 66.6 Å². The van der Waals surface area contributed by atoms with Crippen LogP contribution in [0.3, 0.4) is 0 Å². The summed E-state index contributed by atoms with van der Waals surface area (Å²) in [6.07, 6.45) is 2.50. The van der Waals surface area contributed by atoms with E-state index in [1.54, 1.807) is 33.0 Å². The second-order valence-electron chi connectivity index (χ2n) is 14.5. The highest BCUT2D eigenvalue weighted by molar-refractivity contribution is 6.61. The number of H-pyrrole nitrogens is 1. The molecule has 2 saturated heterocycles. The highest BCUT2D eigenvalue weighted by atomic mass is 35.5. The van der Waals surface area contributed by atoms with E-state index in [-0.39, 0.29) is 47.1 Å². The monoisotopic (exact) mass is 849 g/mol. The Labute approximate surface area is 346 Å². The number of nitrogens with one attached hydrogen (secondary N) is 4. The summed E-state index contributed by atoms with van der Waals surface area (Å²) in [5.74, 6) is 0.772. The van der Waals surface area contributed by atoms with Gasteiger partial charge in [0.05, 0.1) is 11.1 Å². The van der Waals surface area contributed by atoms with E-state index in [2.05, 4.69) is 36.0 Å². The number of carbonyl (C=O) groups excluding carboxylic acids is 6. The molecule has 0 saturated carbocycles. The number of anilines is 2. The van der Waals surface area contributed by atoms with Crippen LogP contribution in [0.1, 0.15) is 55.4 Å². The summed E-state index contributed by atoms with van der Waals surface area (Å²) in [7, 11) is 0. The van der Waals surface area contributed by atoms with Gasteiger partial charge in [0.15, 0.2) is 5.82 Å². The number of benzene rings is 1. The number of non-ortho nitro benzene ring substituents is 1. The lowest BCUT2D eigenvalue weighted by Crippen LogP contribution is -2.52. The van der Waals surface area contributed by atoms with E-state index in [1.165, 1.54) is 49.0 Å². The van der Waals surface area contributed by atoms with Gasteiger partial charge in [0, 0.05) is 108 Å². The normalized spacial score (nSPS) is 13.7. The van der Waals surface area contributed by atoms with Crippen LogP contribution >= 0.6 is 11.6 Å². The van der Waals surface area contributed by atoms with Gasteiger partial charge in [-0.3, -0.25) is 24.8 Å². The van der Waals surface area contributed by atoms with Crippen molar-refractivity contribution in [3.05, 3.63) is 58.9 Å². The Hall–Kier alpha value is -6.29. The Bertz CT molecular complexity index is 1840. The minimum absolute atomic E-state index is 0.0747. The van der Waals surface area contributed by atoms with E-state index < -0.39 is 16.0 Å². The molecule has 59 heavy (non-hydrogen) atoms. The topological polar surface area (TPSA) is 266 Å². The summed E-state index contributed by atoms with van der Waals surface area (Å²) in [6, 6.07) is 7.95. The molecular weight excluding hydrogens is 798 g/mol. The van der Waals surface area contributed by atoms with Crippen LogP contribution in [0.4, 0.5) is 36.5 Å². The highest BCUT2D eigenvalue weighted by Crippen LogP contribution is 2.18. The molecule has 1 aromatic carbocycles. The Morgan fingerprint density at radius 2 is 1.27 bits per heavy atom. The molecule has 23 heteroatoms. The number of carbonyl (C=O) groups is 6. The van der Waals surface area contributed by atoms with Crippen LogP contribution in [0.2, 0.25) is 0 Å². The van der Waals surface area contributed by atoms with E-state index in [4.69, 9.17) is 21.1 Å². The third-order valence-electron chi connectivity index (χ3n) is 7.12. The molecule has 0 radical (unpaired) electrons. The molecule has 5 rings (SSSR count). The summed E-state index contributed by atoms with van der Waals surface area (Å²) in [5, 5.41) is 28.7. The first-order valence-corrected chi connectivity index (χ1v) is 18.6. The number of aromatic amines is 1. The molecule has 2 aliphatic heterocycles. The van der Waals surface area contributed by atoms with Crippen LogP contribution < -0.4 is 20.7 Å². The van der Waals surface area contributed by atoms with E-state index in [0.29, 0.717) is 37.8 Å². The lowest BCUT2D eigenvalue weighted by atomic mass is 10.2. The van der Waals surface area contributed by atoms with Crippen molar-refractivity contribution >= 4 is 64.4 Å². The Morgan fingerprint density at radius 3 is 1.71 bits per heavy atom. The van der Waals surface area contributed by atoms with Gasteiger partial charge in [-0.1, -0.05) is 0 Å². The van der Waals surface area contributed by atoms with Gasteiger partial charge in [0.25, 0.3) is 5.69 Å². The van der Waals surface area contributed by atoms with Crippen molar-refractivity contribution < 1.29 is 47.9 Å². The van der Waals surface area contributed by atoms with E-state index in [9.17, 15) is 38.9 Å². The second-order valence-corrected chi connectivity index (χ2v) is 14.8. The lowest BCUT2D eigenvalue weighted by Gasteiger charge is -2.35. The van der Waals surface area contributed by atoms with Gasteiger partial charge in [-0.05, 0) is 53.7 Å². The van der Waals surface area contributed by atoms with Gasteiger partial charge >= 0.3 is 23.6 Å². The molecular formula is C36H52ClN11O11. The SMILES string of the molecule is CC(=O)Nc1ccn(C(=O)N2CCN(C(=O)OC(C)(C)C)CC2)n1.CC(=O)Nc1ccn[nH]1.CC(C)(C)OC(=O)N1CCNCC1.O=C(Cl)Oc1ccc([N+](=O)[O-])cc1. The summed E-state index contributed by atoms with van der Waals surface area (Å²) >= 11 is 4.92. The molecule has 3 aromatic rings. The van der Waals surface area contributed by atoms with Gasteiger partial charge in [-0.25, -0.2) is 19.2 Å². The molecule has 0 bridgehead atoms. The first-order valence-electron chi connectivity index (χ1n) is 18.2. The molecule has 2 aromatic heterocycles. The summed E-state index contributed by atoms with van der Waals surface area (Å²) < 4.78 is 16.2. The zero-order valence-corrected chi connectivity index (χ0v) is 35.0. The number of hydrogen-bond donors (Lipinski definition) is 4. The molecule has 324 valence electrons. The molecule has 4 heterocycles. The number of hydrogen-bond acceptors (Lipinski definition) is 14. The number of piperazine rings is 2. The van der Waals surface area contributed by atoms with Crippen LogP contribution in [-0.4, -0.2) is 139 Å².